The molecular formula is C28H24N2Si. The molecule has 1 aromatic heterocycles. The van der Waals surface area contributed by atoms with Gasteiger partial charge in [-0.25, -0.2) is 4.98 Å². The van der Waals surface area contributed by atoms with E-state index in [0.29, 0.717) is 0 Å². The summed E-state index contributed by atoms with van der Waals surface area (Å²) in [6, 6.07) is 29.6. The van der Waals surface area contributed by atoms with Gasteiger partial charge in [-0.2, -0.15) is 0 Å². The SMILES string of the molecule is Cc1cc2c(cc1C)[Si](c1ccccc1)(c1ccccc1)c1cc(C)c3nc[nH]c3c1-2. The number of fused-ring (bicyclic) bond motifs is 5. The predicted molar refractivity (Wildman–Crippen MR) is 133 cm³/mol. The zero-order chi connectivity index (χ0) is 21.2. The van der Waals surface area contributed by atoms with Crippen molar-refractivity contribution in [3.05, 3.63) is 102 Å². The smallest absolute Gasteiger partial charge is 0.180 e. The average Bonchev–Trinajstić information content (AvgIpc) is 3.38. The molecule has 0 radical (unpaired) electrons. The van der Waals surface area contributed by atoms with Crippen molar-refractivity contribution < 1.29 is 0 Å². The summed E-state index contributed by atoms with van der Waals surface area (Å²) >= 11 is 0. The summed E-state index contributed by atoms with van der Waals surface area (Å²) in [4.78, 5) is 8.15. The van der Waals surface area contributed by atoms with Gasteiger partial charge in [0, 0.05) is 5.56 Å². The summed E-state index contributed by atoms with van der Waals surface area (Å²) in [7, 11) is -2.45. The molecule has 0 atom stereocenters. The van der Waals surface area contributed by atoms with Crippen molar-refractivity contribution in [1.82, 2.24) is 9.97 Å². The molecule has 0 aliphatic carbocycles. The second kappa shape index (κ2) is 6.53. The van der Waals surface area contributed by atoms with Crippen LogP contribution in [0, 0.1) is 20.8 Å². The Hall–Kier alpha value is -3.43. The third-order valence-corrected chi connectivity index (χ3v) is 11.8. The van der Waals surface area contributed by atoms with Crippen LogP contribution < -0.4 is 20.7 Å². The first-order valence-electron chi connectivity index (χ1n) is 10.8. The first-order valence-corrected chi connectivity index (χ1v) is 12.8. The van der Waals surface area contributed by atoms with E-state index in [1.165, 1.54) is 54.1 Å². The lowest BCUT2D eigenvalue weighted by Crippen LogP contribution is -2.72. The van der Waals surface area contributed by atoms with Gasteiger partial charge in [-0.1, -0.05) is 78.9 Å². The number of nitrogens with one attached hydrogen (secondary N) is 1. The van der Waals surface area contributed by atoms with Crippen LogP contribution in [-0.4, -0.2) is 18.0 Å². The Kier molecular flexibility index (Phi) is 3.86. The van der Waals surface area contributed by atoms with Crippen molar-refractivity contribution in [2.24, 2.45) is 0 Å². The molecule has 31 heavy (non-hydrogen) atoms. The van der Waals surface area contributed by atoms with Crippen LogP contribution in [0.1, 0.15) is 16.7 Å². The highest BCUT2D eigenvalue weighted by molar-refractivity contribution is 7.22. The molecule has 0 fully saturated rings. The van der Waals surface area contributed by atoms with Gasteiger partial charge in [0.2, 0.25) is 0 Å². The topological polar surface area (TPSA) is 28.7 Å². The largest absolute Gasteiger partial charge is 0.344 e. The summed E-state index contributed by atoms with van der Waals surface area (Å²) in [5.74, 6) is 0. The normalized spacial score (nSPS) is 13.9. The van der Waals surface area contributed by atoms with Crippen LogP contribution in [0.3, 0.4) is 0 Å². The van der Waals surface area contributed by atoms with Crippen LogP contribution >= 0.6 is 0 Å². The zero-order valence-electron chi connectivity index (χ0n) is 18.0. The second-order valence-corrected chi connectivity index (χ2v) is 12.4. The van der Waals surface area contributed by atoms with E-state index in [1.807, 2.05) is 6.33 Å². The first kappa shape index (κ1) is 18.3. The third kappa shape index (κ3) is 2.35. The molecule has 3 heteroatoms. The highest BCUT2D eigenvalue weighted by Crippen LogP contribution is 2.35. The van der Waals surface area contributed by atoms with Crippen molar-refractivity contribution in [3.8, 4) is 11.1 Å². The van der Waals surface area contributed by atoms with Gasteiger partial charge < -0.3 is 4.98 Å². The highest BCUT2D eigenvalue weighted by Gasteiger charge is 2.49. The van der Waals surface area contributed by atoms with Gasteiger partial charge in [-0.15, -0.1) is 0 Å². The molecule has 6 rings (SSSR count). The Morgan fingerprint density at radius 1 is 0.677 bits per heavy atom. The third-order valence-electron chi connectivity index (χ3n) is 7.02. The average molecular weight is 417 g/mol. The highest BCUT2D eigenvalue weighted by atomic mass is 28.3. The number of aromatic amines is 1. The molecule has 0 spiro atoms. The molecule has 1 aliphatic heterocycles. The summed E-state index contributed by atoms with van der Waals surface area (Å²) in [5.41, 5.74) is 8.88. The molecule has 0 saturated heterocycles. The van der Waals surface area contributed by atoms with E-state index in [4.69, 9.17) is 0 Å². The van der Waals surface area contributed by atoms with Crippen molar-refractivity contribution >= 4 is 39.9 Å². The fraction of sp³-hybridized carbons (Fsp3) is 0.107. The lowest BCUT2D eigenvalue weighted by atomic mass is 9.98. The molecule has 2 heterocycles. The Bertz CT molecular complexity index is 1410. The molecule has 0 unspecified atom stereocenters. The standard InChI is InChI=1S/C28H24N2Si/c1-18-14-23-24(15-19(18)2)31(21-10-6-4-7-11-21,22-12-8-5-9-13-22)25-16-20(3)27-28(26(23)25)30-17-29-27/h4-17H,1-3H3,(H,29,30). The van der Waals surface area contributed by atoms with Gasteiger partial charge in [-0.3, -0.25) is 0 Å². The predicted octanol–water partition coefficient (Wildman–Crippen LogP) is 3.85. The lowest BCUT2D eigenvalue weighted by molar-refractivity contribution is 1.34. The second-order valence-electron chi connectivity index (χ2n) is 8.71. The molecule has 2 nitrogen and oxygen atoms in total. The number of imidazole rings is 1. The minimum atomic E-state index is -2.45. The van der Waals surface area contributed by atoms with Crippen LogP contribution in [0.15, 0.2) is 85.2 Å². The van der Waals surface area contributed by atoms with Crippen molar-refractivity contribution in [2.45, 2.75) is 20.8 Å². The number of benzene rings is 4. The summed E-state index contributed by atoms with van der Waals surface area (Å²) < 4.78 is 0. The number of aromatic nitrogens is 2. The molecule has 5 aromatic rings. The van der Waals surface area contributed by atoms with E-state index in [2.05, 4.69) is 110 Å². The van der Waals surface area contributed by atoms with Gasteiger partial charge in [0.1, 0.15) is 0 Å². The van der Waals surface area contributed by atoms with Crippen LogP contribution in [0.2, 0.25) is 0 Å². The minimum Gasteiger partial charge on any atom is -0.344 e. The van der Waals surface area contributed by atoms with Crippen molar-refractivity contribution in [1.29, 1.82) is 0 Å². The van der Waals surface area contributed by atoms with Gasteiger partial charge in [0.05, 0.1) is 17.4 Å². The fourth-order valence-electron chi connectivity index (χ4n) is 5.49. The number of nitrogens with zero attached hydrogens (tertiary/aromatic N) is 1. The number of H-pyrrole nitrogens is 1. The van der Waals surface area contributed by atoms with Crippen LogP contribution in [0.5, 0.6) is 0 Å². The Balaban J connectivity index is 1.89. The van der Waals surface area contributed by atoms with Crippen molar-refractivity contribution in [2.75, 3.05) is 0 Å². The van der Waals surface area contributed by atoms with Crippen LogP contribution in [0.25, 0.3) is 22.2 Å². The molecule has 0 saturated carbocycles. The van der Waals surface area contributed by atoms with E-state index < -0.39 is 8.07 Å². The molecule has 150 valence electrons. The van der Waals surface area contributed by atoms with E-state index in [-0.39, 0.29) is 0 Å². The van der Waals surface area contributed by atoms with E-state index >= 15 is 0 Å². The summed E-state index contributed by atoms with van der Waals surface area (Å²) in [6.45, 7) is 6.66. The molecule has 1 aliphatic rings. The van der Waals surface area contributed by atoms with E-state index in [9.17, 15) is 0 Å². The molecule has 1 N–H and O–H groups in total. The number of aryl methyl sites for hydroxylation is 3. The van der Waals surface area contributed by atoms with Gasteiger partial charge in [0.25, 0.3) is 0 Å². The first-order chi connectivity index (χ1) is 15.1. The fourth-order valence-corrected chi connectivity index (χ4v) is 10.8. The van der Waals surface area contributed by atoms with E-state index in [1.54, 1.807) is 0 Å². The summed E-state index contributed by atoms with van der Waals surface area (Å²) in [6.07, 6.45) is 1.84. The molecule has 0 amide bonds. The van der Waals surface area contributed by atoms with Crippen LogP contribution in [0.4, 0.5) is 0 Å². The maximum absolute atomic E-state index is 4.66. The molecule has 4 aromatic carbocycles. The molecule has 0 bridgehead atoms. The number of hydrogen-bond donors (Lipinski definition) is 1. The van der Waals surface area contributed by atoms with Crippen molar-refractivity contribution in [3.63, 3.8) is 0 Å². The maximum atomic E-state index is 4.66. The minimum absolute atomic E-state index is 1.08. The lowest BCUT2D eigenvalue weighted by Gasteiger charge is -2.31. The monoisotopic (exact) mass is 416 g/mol. The number of rotatable bonds is 2. The van der Waals surface area contributed by atoms with Gasteiger partial charge >= 0.3 is 0 Å². The zero-order valence-corrected chi connectivity index (χ0v) is 19.0. The quantitative estimate of drug-likeness (QED) is 0.427. The van der Waals surface area contributed by atoms with E-state index in [0.717, 1.165) is 5.52 Å². The van der Waals surface area contributed by atoms with Gasteiger partial charge in [-0.05, 0) is 63.8 Å². The van der Waals surface area contributed by atoms with Gasteiger partial charge in [0.15, 0.2) is 8.07 Å². The van der Waals surface area contributed by atoms with Crippen LogP contribution in [-0.2, 0) is 0 Å². The Labute approximate surface area is 183 Å². The molecular weight excluding hydrogens is 392 g/mol. The summed E-state index contributed by atoms with van der Waals surface area (Å²) in [5, 5.41) is 5.83. The maximum Gasteiger partial charge on any atom is 0.180 e. The number of hydrogen-bond acceptors (Lipinski definition) is 1. The Morgan fingerprint density at radius 3 is 1.90 bits per heavy atom. The Morgan fingerprint density at radius 2 is 1.26 bits per heavy atom.